The molecule has 1 aromatic heterocycles. The molecule has 2 aromatic rings. The summed E-state index contributed by atoms with van der Waals surface area (Å²) in [6.07, 6.45) is 2.07. The summed E-state index contributed by atoms with van der Waals surface area (Å²) in [7, 11) is -1.23. The fourth-order valence-corrected chi connectivity index (χ4v) is 4.06. The van der Waals surface area contributed by atoms with E-state index in [2.05, 4.69) is 4.98 Å². The summed E-state index contributed by atoms with van der Waals surface area (Å²) in [5, 5.41) is 0. The number of fused-ring (bicyclic) bond motifs is 1. The van der Waals surface area contributed by atoms with Crippen LogP contribution in [0.5, 0.6) is 0 Å². The minimum atomic E-state index is -3.17. The van der Waals surface area contributed by atoms with Crippen molar-refractivity contribution in [1.82, 2.24) is 18.8 Å². The number of carbonyl (C=O) groups is 1. The van der Waals surface area contributed by atoms with E-state index in [0.29, 0.717) is 32.6 Å². The molecule has 2 heterocycles. The normalized spacial score (nSPS) is 16.7. The highest BCUT2D eigenvalue weighted by Crippen LogP contribution is 2.16. The van der Waals surface area contributed by atoms with Crippen LogP contribution in [0.4, 0.5) is 0 Å². The molecule has 0 atom stereocenters. The number of sulfonamides is 1. The van der Waals surface area contributed by atoms with Gasteiger partial charge in [0.1, 0.15) is 0 Å². The predicted octanol–water partition coefficient (Wildman–Crippen LogP) is 0.610. The first-order chi connectivity index (χ1) is 11.4. The van der Waals surface area contributed by atoms with Crippen LogP contribution in [0.25, 0.3) is 11.0 Å². The van der Waals surface area contributed by atoms with Crippen molar-refractivity contribution in [2.24, 2.45) is 7.05 Å². The van der Waals surface area contributed by atoms with Crippen molar-refractivity contribution < 1.29 is 13.2 Å². The zero-order chi connectivity index (χ0) is 17.3. The fraction of sp³-hybridized carbons (Fsp3) is 0.500. The Balaban J connectivity index is 1.63. The largest absolute Gasteiger partial charge is 0.340 e. The molecule has 8 heteroatoms. The number of nitrogens with zero attached hydrogens (tertiary/aromatic N) is 4. The van der Waals surface area contributed by atoms with Gasteiger partial charge in [0.2, 0.25) is 15.9 Å². The maximum atomic E-state index is 12.5. The molecule has 0 spiro atoms. The number of hydrogen-bond donors (Lipinski definition) is 0. The Bertz CT molecular complexity index is 851. The van der Waals surface area contributed by atoms with Gasteiger partial charge in [-0.3, -0.25) is 4.79 Å². The number of hydrogen-bond acceptors (Lipinski definition) is 4. The van der Waals surface area contributed by atoms with Gasteiger partial charge in [0, 0.05) is 33.2 Å². The molecule has 1 fully saturated rings. The lowest BCUT2D eigenvalue weighted by Crippen LogP contribution is -2.51. The van der Waals surface area contributed by atoms with Crippen molar-refractivity contribution in [3.8, 4) is 0 Å². The van der Waals surface area contributed by atoms with Crippen LogP contribution in [-0.4, -0.2) is 65.0 Å². The topological polar surface area (TPSA) is 75.5 Å². The van der Waals surface area contributed by atoms with Crippen molar-refractivity contribution in [2.45, 2.75) is 13.3 Å². The average Bonchev–Trinajstić information content (AvgIpc) is 2.95. The lowest BCUT2D eigenvalue weighted by molar-refractivity contribution is -0.131. The fourth-order valence-electron chi connectivity index (χ4n) is 2.98. The summed E-state index contributed by atoms with van der Waals surface area (Å²) in [5.74, 6) is 0.129. The summed E-state index contributed by atoms with van der Waals surface area (Å²) in [6, 6.07) is 5.85. The molecule has 0 bridgehead atoms. The van der Waals surface area contributed by atoms with Crippen molar-refractivity contribution in [1.29, 1.82) is 0 Å². The van der Waals surface area contributed by atoms with E-state index in [4.69, 9.17) is 0 Å². The van der Waals surface area contributed by atoms with Crippen molar-refractivity contribution in [3.63, 3.8) is 0 Å². The molecule has 0 unspecified atom stereocenters. The molecule has 0 saturated carbocycles. The van der Waals surface area contributed by atoms with Gasteiger partial charge < -0.3 is 9.47 Å². The molecule has 130 valence electrons. The van der Waals surface area contributed by atoms with Gasteiger partial charge >= 0.3 is 0 Å². The molecule has 24 heavy (non-hydrogen) atoms. The van der Waals surface area contributed by atoms with E-state index in [1.165, 1.54) is 4.31 Å². The molecule has 1 aliphatic heterocycles. The highest BCUT2D eigenvalue weighted by Gasteiger charge is 2.27. The second-order valence-corrected chi connectivity index (χ2v) is 8.29. The van der Waals surface area contributed by atoms with Gasteiger partial charge in [-0.25, -0.2) is 13.4 Å². The Morgan fingerprint density at radius 1 is 1.21 bits per heavy atom. The van der Waals surface area contributed by atoms with Crippen LogP contribution in [0, 0.1) is 0 Å². The number of amides is 1. The summed E-state index contributed by atoms with van der Waals surface area (Å²) < 4.78 is 27.1. The van der Waals surface area contributed by atoms with Crippen LogP contribution >= 0.6 is 0 Å². The second-order valence-electron chi connectivity index (χ2n) is 6.04. The van der Waals surface area contributed by atoms with E-state index >= 15 is 0 Å². The smallest absolute Gasteiger partial charge is 0.227 e. The number of rotatable bonds is 4. The summed E-state index contributed by atoms with van der Waals surface area (Å²) in [4.78, 5) is 18.5. The molecular formula is C16H22N4O3S. The number of carbonyl (C=O) groups excluding carboxylic acids is 1. The third-order valence-corrected chi connectivity index (χ3v) is 6.38. The molecule has 1 aromatic carbocycles. The molecule has 0 radical (unpaired) electrons. The summed E-state index contributed by atoms with van der Waals surface area (Å²) in [5.41, 5.74) is 2.83. The molecule has 1 aliphatic rings. The number of imidazole rings is 1. The highest BCUT2D eigenvalue weighted by atomic mass is 32.2. The zero-order valence-electron chi connectivity index (χ0n) is 14.0. The minimum absolute atomic E-state index is 0.0267. The molecular weight excluding hydrogens is 328 g/mol. The van der Waals surface area contributed by atoms with Crippen molar-refractivity contribution in [2.75, 3.05) is 31.9 Å². The second kappa shape index (κ2) is 6.52. The monoisotopic (exact) mass is 350 g/mol. The first-order valence-electron chi connectivity index (χ1n) is 8.06. The van der Waals surface area contributed by atoms with Crippen molar-refractivity contribution in [3.05, 3.63) is 30.1 Å². The number of piperazine rings is 1. The molecule has 1 saturated heterocycles. The quantitative estimate of drug-likeness (QED) is 0.810. The number of benzene rings is 1. The van der Waals surface area contributed by atoms with Crippen LogP contribution in [-0.2, 0) is 28.3 Å². The van der Waals surface area contributed by atoms with Crippen LogP contribution < -0.4 is 0 Å². The number of aromatic nitrogens is 2. The maximum Gasteiger partial charge on any atom is 0.227 e. The van der Waals surface area contributed by atoms with Gasteiger partial charge in [-0.1, -0.05) is 6.07 Å². The van der Waals surface area contributed by atoms with Gasteiger partial charge in [0.25, 0.3) is 0 Å². The van der Waals surface area contributed by atoms with E-state index in [-0.39, 0.29) is 11.7 Å². The third kappa shape index (κ3) is 3.29. The lowest BCUT2D eigenvalue weighted by Gasteiger charge is -2.33. The van der Waals surface area contributed by atoms with Crippen LogP contribution in [0.3, 0.4) is 0 Å². The Hall–Kier alpha value is -1.93. The first-order valence-corrected chi connectivity index (χ1v) is 9.67. The van der Waals surface area contributed by atoms with E-state index in [0.717, 1.165) is 16.6 Å². The highest BCUT2D eigenvalue weighted by molar-refractivity contribution is 7.89. The molecule has 0 aliphatic carbocycles. The molecule has 0 N–H and O–H groups in total. The summed E-state index contributed by atoms with van der Waals surface area (Å²) in [6.45, 7) is 3.29. The van der Waals surface area contributed by atoms with Gasteiger partial charge in [0.15, 0.2) is 0 Å². The SMILES string of the molecule is CCS(=O)(=O)N1CCN(C(=O)Cc2ccc3c(c2)ncn3C)CC1. The summed E-state index contributed by atoms with van der Waals surface area (Å²) >= 11 is 0. The van der Waals surface area contributed by atoms with E-state index < -0.39 is 10.0 Å². The van der Waals surface area contributed by atoms with Gasteiger partial charge in [-0.05, 0) is 24.6 Å². The van der Waals surface area contributed by atoms with Gasteiger partial charge in [-0.15, -0.1) is 0 Å². The Morgan fingerprint density at radius 2 is 1.92 bits per heavy atom. The van der Waals surface area contributed by atoms with Crippen molar-refractivity contribution >= 4 is 27.0 Å². The van der Waals surface area contributed by atoms with Gasteiger partial charge in [-0.2, -0.15) is 4.31 Å². The van der Waals surface area contributed by atoms with E-state index in [9.17, 15) is 13.2 Å². The standard InChI is InChI=1S/C16H22N4O3S/c1-3-24(22,23)20-8-6-19(7-9-20)16(21)11-13-4-5-15-14(10-13)17-12-18(15)2/h4-5,10,12H,3,6-9,11H2,1-2H3. The molecule has 1 amide bonds. The van der Waals surface area contributed by atoms with Crippen LogP contribution in [0.2, 0.25) is 0 Å². The van der Waals surface area contributed by atoms with E-state index in [1.807, 2.05) is 29.8 Å². The Morgan fingerprint density at radius 3 is 2.58 bits per heavy atom. The third-order valence-electron chi connectivity index (χ3n) is 4.49. The first kappa shape index (κ1) is 16.9. The lowest BCUT2D eigenvalue weighted by atomic mass is 10.1. The van der Waals surface area contributed by atoms with Crippen LogP contribution in [0.15, 0.2) is 24.5 Å². The van der Waals surface area contributed by atoms with E-state index in [1.54, 1.807) is 18.2 Å². The Kier molecular flexibility index (Phi) is 4.60. The predicted molar refractivity (Wildman–Crippen MR) is 92.0 cm³/mol. The molecule has 3 rings (SSSR count). The molecule has 7 nitrogen and oxygen atoms in total. The number of aryl methyl sites for hydroxylation is 1. The van der Waals surface area contributed by atoms with Gasteiger partial charge in [0.05, 0.1) is 29.5 Å². The zero-order valence-corrected chi connectivity index (χ0v) is 14.8. The Labute approximate surface area is 141 Å². The average molecular weight is 350 g/mol. The van der Waals surface area contributed by atoms with Crippen LogP contribution in [0.1, 0.15) is 12.5 Å². The maximum absolute atomic E-state index is 12.5. The minimum Gasteiger partial charge on any atom is -0.340 e.